The first-order valence-corrected chi connectivity index (χ1v) is 9.30. The van der Waals surface area contributed by atoms with Crippen molar-refractivity contribution in [1.82, 2.24) is 0 Å². The number of amides is 1. The van der Waals surface area contributed by atoms with Crippen molar-refractivity contribution in [3.8, 4) is 5.75 Å². The van der Waals surface area contributed by atoms with Crippen LogP contribution in [0, 0.1) is 10.1 Å². The smallest absolute Gasteiger partial charge is 0.279 e. The molecule has 1 saturated heterocycles. The van der Waals surface area contributed by atoms with E-state index in [1.807, 2.05) is 0 Å². The lowest BCUT2D eigenvalue weighted by Gasteiger charge is -2.33. The Morgan fingerprint density at radius 2 is 1.93 bits per heavy atom. The number of carbonyl (C=O) groups is 1. The van der Waals surface area contributed by atoms with Crippen LogP contribution in [0.1, 0.15) is 0 Å². The van der Waals surface area contributed by atoms with Crippen molar-refractivity contribution in [2.45, 2.75) is 0 Å². The van der Waals surface area contributed by atoms with E-state index in [1.54, 1.807) is 37.4 Å². The standard InChI is InChI=1S/C19H21ClN4O4/c1-28-18-7-2-14(12-17(18)20)21-19(25)13-22-8-10-23(11-9-22)15-3-5-16(6-4-15)24(26)27/h2-7,12H,8-11,13H2,1H3,(H,21,25)/p+1. The largest absolute Gasteiger partial charge is 0.495 e. The molecule has 28 heavy (non-hydrogen) atoms. The predicted octanol–water partition coefficient (Wildman–Crippen LogP) is 1.60. The summed E-state index contributed by atoms with van der Waals surface area (Å²) in [5.74, 6) is 0.493. The van der Waals surface area contributed by atoms with Crippen molar-refractivity contribution in [3.63, 3.8) is 0 Å². The van der Waals surface area contributed by atoms with Crippen molar-refractivity contribution in [2.24, 2.45) is 0 Å². The lowest BCUT2D eigenvalue weighted by atomic mass is 10.2. The van der Waals surface area contributed by atoms with Gasteiger partial charge in [-0.3, -0.25) is 14.9 Å². The molecule has 3 rings (SSSR count). The van der Waals surface area contributed by atoms with Gasteiger partial charge in [-0.05, 0) is 30.3 Å². The Balaban J connectivity index is 1.49. The van der Waals surface area contributed by atoms with E-state index in [9.17, 15) is 14.9 Å². The van der Waals surface area contributed by atoms with Gasteiger partial charge in [0.25, 0.3) is 11.6 Å². The van der Waals surface area contributed by atoms with Crippen molar-refractivity contribution in [1.29, 1.82) is 0 Å². The highest BCUT2D eigenvalue weighted by Crippen LogP contribution is 2.27. The number of non-ortho nitro benzene ring substituents is 1. The summed E-state index contributed by atoms with van der Waals surface area (Å²) in [7, 11) is 1.54. The number of nitrogens with one attached hydrogen (secondary N) is 2. The molecule has 1 heterocycles. The number of nitro groups is 1. The van der Waals surface area contributed by atoms with Gasteiger partial charge in [-0.25, -0.2) is 0 Å². The summed E-state index contributed by atoms with van der Waals surface area (Å²) in [5.41, 5.74) is 1.69. The van der Waals surface area contributed by atoms with Crippen LogP contribution < -0.4 is 19.9 Å². The van der Waals surface area contributed by atoms with Gasteiger partial charge in [0.2, 0.25) is 0 Å². The third-order valence-electron chi connectivity index (χ3n) is 4.74. The van der Waals surface area contributed by atoms with E-state index in [2.05, 4.69) is 10.2 Å². The Kier molecular flexibility index (Phi) is 6.33. The van der Waals surface area contributed by atoms with Crippen LogP contribution in [0.15, 0.2) is 42.5 Å². The molecule has 8 nitrogen and oxygen atoms in total. The van der Waals surface area contributed by atoms with Gasteiger partial charge in [-0.2, -0.15) is 0 Å². The molecule has 0 aliphatic carbocycles. The Morgan fingerprint density at radius 1 is 1.25 bits per heavy atom. The first-order chi connectivity index (χ1) is 13.5. The summed E-state index contributed by atoms with van der Waals surface area (Å²) in [6, 6.07) is 11.7. The summed E-state index contributed by atoms with van der Waals surface area (Å²) >= 11 is 6.08. The fraction of sp³-hybridized carbons (Fsp3) is 0.316. The number of anilines is 2. The number of halogens is 1. The molecule has 1 aliphatic heterocycles. The Morgan fingerprint density at radius 3 is 2.50 bits per heavy atom. The van der Waals surface area contributed by atoms with Crippen LogP contribution in [0.5, 0.6) is 5.75 Å². The molecule has 9 heteroatoms. The number of nitro benzene ring substituents is 1. The molecule has 1 amide bonds. The van der Waals surface area contributed by atoms with Crippen LogP contribution in [-0.4, -0.2) is 50.7 Å². The number of nitrogens with zero attached hydrogens (tertiary/aromatic N) is 2. The number of rotatable bonds is 6. The van der Waals surface area contributed by atoms with Crippen molar-refractivity contribution < 1.29 is 19.4 Å². The fourth-order valence-electron chi connectivity index (χ4n) is 3.22. The van der Waals surface area contributed by atoms with Crippen LogP contribution in [0.25, 0.3) is 0 Å². The molecule has 1 aliphatic rings. The van der Waals surface area contributed by atoms with Crippen LogP contribution in [0.3, 0.4) is 0 Å². The van der Waals surface area contributed by atoms with Gasteiger partial charge >= 0.3 is 0 Å². The number of benzene rings is 2. The number of carbonyl (C=O) groups excluding carboxylic acids is 1. The maximum Gasteiger partial charge on any atom is 0.279 e. The van der Waals surface area contributed by atoms with E-state index in [-0.39, 0.29) is 11.6 Å². The molecule has 2 N–H and O–H groups in total. The third-order valence-corrected chi connectivity index (χ3v) is 5.04. The van der Waals surface area contributed by atoms with Gasteiger partial charge in [-0.15, -0.1) is 0 Å². The van der Waals surface area contributed by atoms with E-state index in [0.29, 0.717) is 23.0 Å². The molecule has 0 spiro atoms. The maximum atomic E-state index is 12.3. The summed E-state index contributed by atoms with van der Waals surface area (Å²) < 4.78 is 5.10. The lowest BCUT2D eigenvalue weighted by Crippen LogP contribution is -3.15. The predicted molar refractivity (Wildman–Crippen MR) is 108 cm³/mol. The molecular formula is C19H22ClN4O4+. The average Bonchev–Trinajstić information content (AvgIpc) is 2.69. The summed E-state index contributed by atoms with van der Waals surface area (Å²) in [4.78, 5) is 26.0. The maximum absolute atomic E-state index is 12.3. The normalized spacial score (nSPS) is 14.6. The van der Waals surface area contributed by atoms with Crippen molar-refractivity contribution in [2.75, 3.05) is 50.1 Å². The van der Waals surface area contributed by atoms with E-state index in [1.165, 1.54) is 17.0 Å². The molecule has 1 fully saturated rings. The number of quaternary nitrogens is 1. The summed E-state index contributed by atoms with van der Waals surface area (Å²) in [6.45, 7) is 3.57. The second-order valence-corrected chi connectivity index (χ2v) is 6.99. The second-order valence-electron chi connectivity index (χ2n) is 6.58. The van der Waals surface area contributed by atoms with Gasteiger partial charge < -0.3 is 19.9 Å². The van der Waals surface area contributed by atoms with Crippen LogP contribution in [0.2, 0.25) is 5.02 Å². The molecule has 0 radical (unpaired) electrons. The van der Waals surface area contributed by atoms with Crippen LogP contribution in [0.4, 0.5) is 17.1 Å². The minimum atomic E-state index is -0.402. The average molecular weight is 406 g/mol. The highest BCUT2D eigenvalue weighted by atomic mass is 35.5. The molecule has 0 bridgehead atoms. The number of hydrogen-bond acceptors (Lipinski definition) is 5. The molecular weight excluding hydrogens is 384 g/mol. The highest BCUT2D eigenvalue weighted by Gasteiger charge is 2.23. The Hall–Kier alpha value is -2.84. The van der Waals surface area contributed by atoms with Crippen molar-refractivity contribution in [3.05, 3.63) is 57.6 Å². The van der Waals surface area contributed by atoms with Crippen molar-refractivity contribution >= 4 is 34.6 Å². The summed E-state index contributed by atoms with van der Waals surface area (Å²) in [6.07, 6.45) is 0. The SMILES string of the molecule is COc1ccc(NC(=O)C[NH+]2CCN(c3ccc([N+](=O)[O-])cc3)CC2)cc1Cl. The van der Waals surface area contributed by atoms with E-state index < -0.39 is 4.92 Å². The topological polar surface area (TPSA) is 89.2 Å². The fourth-order valence-corrected chi connectivity index (χ4v) is 3.48. The van der Waals surface area contributed by atoms with Gasteiger partial charge in [0.15, 0.2) is 6.54 Å². The molecule has 0 saturated carbocycles. The van der Waals surface area contributed by atoms with Gasteiger partial charge in [0.1, 0.15) is 5.75 Å². The first-order valence-electron chi connectivity index (χ1n) is 8.92. The van der Waals surface area contributed by atoms with E-state index >= 15 is 0 Å². The lowest BCUT2D eigenvalue weighted by molar-refractivity contribution is -0.892. The van der Waals surface area contributed by atoms with Crippen LogP contribution in [-0.2, 0) is 4.79 Å². The van der Waals surface area contributed by atoms with Gasteiger partial charge in [-0.1, -0.05) is 11.6 Å². The van der Waals surface area contributed by atoms with E-state index in [0.717, 1.165) is 31.9 Å². The monoisotopic (exact) mass is 405 g/mol. The number of ether oxygens (including phenoxy) is 1. The zero-order chi connectivity index (χ0) is 20.1. The number of methoxy groups -OCH3 is 1. The summed E-state index contributed by atoms with van der Waals surface area (Å²) in [5, 5.41) is 14.1. The number of hydrogen-bond donors (Lipinski definition) is 2. The molecule has 2 aromatic carbocycles. The minimum absolute atomic E-state index is 0.0694. The Labute approximate surface area is 167 Å². The zero-order valence-electron chi connectivity index (χ0n) is 15.5. The number of piperazine rings is 1. The quantitative estimate of drug-likeness (QED) is 0.563. The second kappa shape index (κ2) is 8.90. The zero-order valence-corrected chi connectivity index (χ0v) is 16.2. The highest BCUT2D eigenvalue weighted by molar-refractivity contribution is 6.32. The van der Waals surface area contributed by atoms with Gasteiger partial charge in [0.05, 0.1) is 43.2 Å². The van der Waals surface area contributed by atoms with Gasteiger partial charge in [0, 0.05) is 23.5 Å². The minimum Gasteiger partial charge on any atom is -0.495 e. The molecule has 0 unspecified atom stereocenters. The molecule has 148 valence electrons. The Bertz CT molecular complexity index is 852. The third kappa shape index (κ3) is 4.90. The first kappa shape index (κ1) is 19.9. The van der Waals surface area contributed by atoms with E-state index in [4.69, 9.17) is 16.3 Å². The molecule has 2 aromatic rings. The molecule has 0 atom stereocenters. The van der Waals surface area contributed by atoms with Crippen LogP contribution >= 0.6 is 11.6 Å². The molecule has 0 aromatic heterocycles.